The van der Waals surface area contributed by atoms with Crippen LogP contribution < -0.4 is 10.6 Å². The lowest BCUT2D eigenvalue weighted by Gasteiger charge is -2.15. The van der Waals surface area contributed by atoms with Gasteiger partial charge in [-0.15, -0.1) is 34.2 Å². The van der Waals surface area contributed by atoms with Crippen LogP contribution in [0, 0.1) is 6.92 Å². The molecule has 2 N–H and O–H groups in total. The minimum absolute atomic E-state index is 0. The van der Waals surface area contributed by atoms with E-state index in [0.29, 0.717) is 19.1 Å². The van der Waals surface area contributed by atoms with E-state index in [9.17, 15) is 0 Å². The molecule has 23 heavy (non-hydrogen) atoms. The van der Waals surface area contributed by atoms with Crippen molar-refractivity contribution >= 4 is 29.9 Å². The van der Waals surface area contributed by atoms with Crippen molar-refractivity contribution in [2.75, 3.05) is 0 Å². The van der Waals surface area contributed by atoms with Gasteiger partial charge in [0.05, 0.1) is 13.1 Å². The molecule has 0 aliphatic carbocycles. The van der Waals surface area contributed by atoms with E-state index in [1.54, 1.807) is 0 Å². The van der Waals surface area contributed by atoms with Gasteiger partial charge in [-0.1, -0.05) is 30.3 Å². The zero-order chi connectivity index (χ0) is 15.9. The Balaban J connectivity index is 0.00000264. The second-order valence-corrected chi connectivity index (χ2v) is 5.53. The van der Waals surface area contributed by atoms with Gasteiger partial charge < -0.3 is 15.2 Å². The molecular weight excluding hydrogens is 403 g/mol. The van der Waals surface area contributed by atoms with Crippen LogP contribution in [0.25, 0.3) is 0 Å². The Labute approximate surface area is 154 Å². The number of aliphatic imine (C=N–C) groups is 1. The summed E-state index contributed by atoms with van der Waals surface area (Å²) in [6.45, 7) is 7.34. The molecule has 6 nitrogen and oxygen atoms in total. The van der Waals surface area contributed by atoms with Crippen LogP contribution in [0.15, 0.2) is 35.3 Å². The average Bonchev–Trinajstić information content (AvgIpc) is 2.82. The summed E-state index contributed by atoms with van der Waals surface area (Å²) in [6.07, 6.45) is 0. The minimum atomic E-state index is 0. The van der Waals surface area contributed by atoms with Crippen molar-refractivity contribution in [1.82, 2.24) is 25.4 Å². The van der Waals surface area contributed by atoms with Crippen molar-refractivity contribution in [3.63, 3.8) is 0 Å². The fourth-order valence-corrected chi connectivity index (χ4v) is 1.95. The summed E-state index contributed by atoms with van der Waals surface area (Å²) < 4.78 is 1.97. The highest BCUT2D eigenvalue weighted by Gasteiger charge is 2.07. The van der Waals surface area contributed by atoms with Gasteiger partial charge in [-0.2, -0.15) is 0 Å². The van der Waals surface area contributed by atoms with E-state index < -0.39 is 0 Å². The lowest BCUT2D eigenvalue weighted by molar-refractivity contribution is 0.673. The molecule has 0 fully saturated rings. The second-order valence-electron chi connectivity index (χ2n) is 5.53. The summed E-state index contributed by atoms with van der Waals surface area (Å²) in [5, 5.41) is 14.8. The molecule has 0 atom stereocenters. The highest BCUT2D eigenvalue weighted by atomic mass is 127. The number of halogens is 1. The Kier molecular flexibility index (Phi) is 8.01. The molecule has 0 aliphatic heterocycles. The van der Waals surface area contributed by atoms with Crippen molar-refractivity contribution in [1.29, 1.82) is 0 Å². The summed E-state index contributed by atoms with van der Waals surface area (Å²) in [5.74, 6) is 2.56. The summed E-state index contributed by atoms with van der Waals surface area (Å²) in [5.41, 5.74) is 1.18. The zero-order valence-electron chi connectivity index (χ0n) is 14.1. The third-order valence-corrected chi connectivity index (χ3v) is 3.28. The van der Waals surface area contributed by atoms with E-state index in [-0.39, 0.29) is 24.0 Å². The van der Waals surface area contributed by atoms with Gasteiger partial charge in [0, 0.05) is 13.1 Å². The summed E-state index contributed by atoms with van der Waals surface area (Å²) in [4.78, 5) is 4.62. The van der Waals surface area contributed by atoms with Crippen LogP contribution in [-0.2, 0) is 20.1 Å². The molecule has 0 saturated carbocycles. The Morgan fingerprint density at radius 2 is 1.91 bits per heavy atom. The number of hydrogen-bond donors (Lipinski definition) is 2. The van der Waals surface area contributed by atoms with Gasteiger partial charge in [0.1, 0.15) is 5.82 Å². The van der Waals surface area contributed by atoms with Crippen LogP contribution in [0.2, 0.25) is 0 Å². The van der Waals surface area contributed by atoms with Crippen LogP contribution in [0.4, 0.5) is 0 Å². The number of rotatable bonds is 5. The fraction of sp³-hybridized carbons (Fsp3) is 0.438. The highest BCUT2D eigenvalue weighted by Crippen LogP contribution is 2.01. The standard InChI is InChI=1S/C16H24N6.HI/c1-12(2)19-16(17-10-14-8-6-5-7-9-14)18-11-15-21-20-13(3)22(15)4;/h5-9,12H,10-11H2,1-4H3,(H2,17,18,19);1H. The second kappa shape index (κ2) is 9.49. The van der Waals surface area contributed by atoms with Crippen LogP contribution in [0.1, 0.15) is 31.1 Å². The first-order valence-electron chi connectivity index (χ1n) is 7.50. The van der Waals surface area contributed by atoms with Crippen molar-refractivity contribution < 1.29 is 0 Å². The Bertz CT molecular complexity index is 621. The summed E-state index contributed by atoms with van der Waals surface area (Å²) in [7, 11) is 1.96. The topological polar surface area (TPSA) is 67.1 Å². The first kappa shape index (κ1) is 19.4. The predicted octanol–water partition coefficient (Wildman–Crippen LogP) is 2.39. The number of nitrogens with one attached hydrogen (secondary N) is 2. The third-order valence-electron chi connectivity index (χ3n) is 3.28. The molecule has 126 valence electrons. The van der Waals surface area contributed by atoms with Gasteiger partial charge >= 0.3 is 0 Å². The lowest BCUT2D eigenvalue weighted by atomic mass is 10.2. The molecule has 0 radical (unpaired) electrons. The van der Waals surface area contributed by atoms with E-state index in [4.69, 9.17) is 0 Å². The molecule has 0 unspecified atom stereocenters. The SMILES string of the molecule is Cc1nnc(CNC(=NCc2ccccc2)NC(C)C)n1C.I. The molecule has 2 rings (SSSR count). The van der Waals surface area contributed by atoms with Crippen LogP contribution in [0.3, 0.4) is 0 Å². The lowest BCUT2D eigenvalue weighted by Crippen LogP contribution is -2.41. The van der Waals surface area contributed by atoms with E-state index in [0.717, 1.165) is 17.6 Å². The van der Waals surface area contributed by atoms with E-state index in [2.05, 4.69) is 51.8 Å². The maximum absolute atomic E-state index is 4.62. The molecule has 0 amide bonds. The van der Waals surface area contributed by atoms with Gasteiger partial charge in [0.15, 0.2) is 11.8 Å². The normalized spacial score (nSPS) is 11.3. The Morgan fingerprint density at radius 1 is 1.22 bits per heavy atom. The largest absolute Gasteiger partial charge is 0.354 e. The maximum atomic E-state index is 4.62. The first-order valence-corrected chi connectivity index (χ1v) is 7.50. The number of hydrogen-bond acceptors (Lipinski definition) is 3. The number of benzene rings is 1. The summed E-state index contributed by atoms with van der Waals surface area (Å²) in [6, 6.07) is 10.5. The monoisotopic (exact) mass is 428 g/mol. The van der Waals surface area contributed by atoms with Crippen LogP contribution in [-0.4, -0.2) is 26.8 Å². The first-order chi connectivity index (χ1) is 10.6. The van der Waals surface area contributed by atoms with Crippen LogP contribution in [0.5, 0.6) is 0 Å². The zero-order valence-corrected chi connectivity index (χ0v) is 16.4. The third kappa shape index (κ3) is 6.17. The molecule has 0 saturated heterocycles. The highest BCUT2D eigenvalue weighted by molar-refractivity contribution is 14.0. The molecule has 1 aromatic carbocycles. The molecular formula is C16H25IN6. The molecule has 7 heteroatoms. The Morgan fingerprint density at radius 3 is 2.48 bits per heavy atom. The van der Waals surface area contributed by atoms with Gasteiger partial charge in [0.2, 0.25) is 0 Å². The van der Waals surface area contributed by atoms with Gasteiger partial charge in [-0.3, -0.25) is 0 Å². The molecule has 0 aliphatic rings. The fourth-order valence-electron chi connectivity index (χ4n) is 1.95. The number of aryl methyl sites for hydroxylation is 1. The number of nitrogens with zero attached hydrogens (tertiary/aromatic N) is 4. The number of guanidine groups is 1. The average molecular weight is 428 g/mol. The van der Waals surface area contributed by atoms with Gasteiger partial charge in [-0.25, -0.2) is 4.99 Å². The molecule has 1 heterocycles. The molecule has 1 aromatic heterocycles. The summed E-state index contributed by atoms with van der Waals surface area (Å²) >= 11 is 0. The van der Waals surface area contributed by atoms with Crippen molar-refractivity contribution in [2.24, 2.45) is 12.0 Å². The van der Waals surface area contributed by atoms with Gasteiger partial charge in [0.25, 0.3) is 0 Å². The van der Waals surface area contributed by atoms with Gasteiger partial charge in [-0.05, 0) is 26.3 Å². The van der Waals surface area contributed by atoms with Crippen molar-refractivity contribution in [3.05, 3.63) is 47.5 Å². The molecule has 2 aromatic rings. The molecule has 0 spiro atoms. The van der Waals surface area contributed by atoms with E-state index in [1.807, 2.05) is 36.7 Å². The van der Waals surface area contributed by atoms with E-state index >= 15 is 0 Å². The quantitative estimate of drug-likeness (QED) is 0.436. The van der Waals surface area contributed by atoms with Crippen LogP contribution >= 0.6 is 24.0 Å². The Hall–Kier alpha value is -1.64. The van der Waals surface area contributed by atoms with Crippen molar-refractivity contribution in [2.45, 2.75) is 39.9 Å². The molecule has 0 bridgehead atoms. The maximum Gasteiger partial charge on any atom is 0.192 e. The smallest absolute Gasteiger partial charge is 0.192 e. The predicted molar refractivity (Wildman–Crippen MR) is 104 cm³/mol. The minimum Gasteiger partial charge on any atom is -0.354 e. The number of aromatic nitrogens is 3. The van der Waals surface area contributed by atoms with E-state index in [1.165, 1.54) is 5.56 Å². The van der Waals surface area contributed by atoms with Crippen molar-refractivity contribution in [3.8, 4) is 0 Å².